The number of para-hydroxylation sites is 1. The van der Waals surface area contributed by atoms with Crippen molar-refractivity contribution in [2.45, 2.75) is 6.92 Å². The lowest BCUT2D eigenvalue weighted by atomic mass is 10.0. The first-order valence-corrected chi connectivity index (χ1v) is 11.1. The van der Waals surface area contributed by atoms with Crippen LogP contribution in [0.5, 0.6) is 0 Å². The summed E-state index contributed by atoms with van der Waals surface area (Å²) in [5, 5.41) is 2.55. The minimum Gasteiger partial charge on any atom is -0.309 e. The van der Waals surface area contributed by atoms with Crippen LogP contribution in [0.1, 0.15) is 12.5 Å². The Morgan fingerprint density at radius 2 is 1.92 bits per heavy atom. The highest BCUT2D eigenvalue weighted by Crippen LogP contribution is 2.34. The molecule has 0 N–H and O–H groups in total. The highest BCUT2D eigenvalue weighted by molar-refractivity contribution is 14.2. The van der Waals surface area contributed by atoms with Gasteiger partial charge in [0.15, 0.2) is 0 Å². The number of hydrogen-bond acceptors (Lipinski definition) is 0. The highest BCUT2D eigenvalue weighted by Gasteiger charge is 2.13. The van der Waals surface area contributed by atoms with Crippen LogP contribution in [0.4, 0.5) is 0 Å². The number of fused-ring (bicyclic) bond motifs is 3. The van der Waals surface area contributed by atoms with Crippen molar-refractivity contribution < 1.29 is 0 Å². The van der Waals surface area contributed by atoms with Crippen LogP contribution in [0, 0.1) is 0 Å². The molecular weight excluding hydrogens is 429 g/mol. The van der Waals surface area contributed by atoms with E-state index >= 15 is 0 Å². The molecular formula is C24H20IN. The molecule has 2 heterocycles. The summed E-state index contributed by atoms with van der Waals surface area (Å²) in [6.45, 7) is 6.06. The summed E-state index contributed by atoms with van der Waals surface area (Å²) < 4.78 is 6.93. The van der Waals surface area contributed by atoms with Crippen LogP contribution in [0.25, 0.3) is 33.1 Å². The number of halogens is 1. The monoisotopic (exact) mass is 449 g/mol. The number of hydrogen-bond donors (Lipinski definition) is 0. The molecule has 2 aromatic carbocycles. The Hall–Kier alpha value is -2.46. The lowest BCUT2D eigenvalue weighted by molar-refractivity contribution is 1.24. The Labute approximate surface area is 164 Å². The largest absolute Gasteiger partial charge is 0.309 e. The van der Waals surface area contributed by atoms with E-state index in [-0.39, 0.29) is 20.7 Å². The average Bonchev–Trinajstić information content (AvgIpc) is 3.03. The molecule has 1 aliphatic rings. The van der Waals surface area contributed by atoms with Crippen molar-refractivity contribution in [1.29, 1.82) is 0 Å². The first-order chi connectivity index (χ1) is 12.8. The van der Waals surface area contributed by atoms with Gasteiger partial charge in [-0.3, -0.25) is 0 Å². The van der Waals surface area contributed by atoms with Crippen molar-refractivity contribution in [3.8, 4) is 0 Å². The van der Waals surface area contributed by atoms with Gasteiger partial charge < -0.3 is 4.57 Å². The van der Waals surface area contributed by atoms with Gasteiger partial charge in [0.25, 0.3) is 0 Å². The van der Waals surface area contributed by atoms with Crippen LogP contribution >= 0.6 is 20.7 Å². The van der Waals surface area contributed by atoms with Gasteiger partial charge in [0, 0.05) is 16.5 Å². The van der Waals surface area contributed by atoms with Gasteiger partial charge in [-0.25, -0.2) is 0 Å². The predicted molar refractivity (Wildman–Crippen MR) is 126 cm³/mol. The van der Waals surface area contributed by atoms with Gasteiger partial charge in [-0.2, -0.15) is 0 Å². The molecule has 4 rings (SSSR count). The van der Waals surface area contributed by atoms with E-state index in [1.165, 1.54) is 32.9 Å². The predicted octanol–water partition coefficient (Wildman–Crippen LogP) is 7.08. The van der Waals surface area contributed by atoms with Crippen molar-refractivity contribution in [3.63, 3.8) is 0 Å². The molecule has 0 aliphatic carbocycles. The third kappa shape index (κ3) is 2.95. The fraction of sp³-hybridized carbons (Fsp3) is 0.0417. The van der Waals surface area contributed by atoms with Crippen molar-refractivity contribution >= 4 is 57.8 Å². The normalized spacial score (nSPS) is 14.8. The van der Waals surface area contributed by atoms with Crippen molar-refractivity contribution in [1.82, 2.24) is 4.57 Å². The molecule has 1 nitrogen and oxygen atoms in total. The third-order valence-electron chi connectivity index (χ3n) is 4.56. The zero-order valence-electron chi connectivity index (χ0n) is 14.7. The van der Waals surface area contributed by atoms with E-state index in [9.17, 15) is 0 Å². The molecule has 3 aromatic rings. The second-order valence-electron chi connectivity index (χ2n) is 6.07. The second kappa shape index (κ2) is 7.42. The van der Waals surface area contributed by atoms with Gasteiger partial charge in [-0.1, -0.05) is 63.7 Å². The van der Waals surface area contributed by atoms with E-state index in [4.69, 9.17) is 0 Å². The second-order valence-corrected chi connectivity index (χ2v) is 8.23. The minimum atomic E-state index is 0.107. The smallest absolute Gasteiger partial charge is 0.0541 e. The molecule has 0 atom stereocenters. The van der Waals surface area contributed by atoms with E-state index in [0.29, 0.717) is 0 Å². The van der Waals surface area contributed by atoms with Crippen molar-refractivity contribution in [2.75, 3.05) is 0 Å². The standard InChI is InChI=1S/C24H20IN/c1-3-5-8-20(4-2)26-23-10-7-6-9-21(23)22-17-19(11-12-24(22)26)18-13-15-25-16-14-18/h3-17H,2H2,1H3/b5-3-,20-8+. The quantitative estimate of drug-likeness (QED) is 0.296. The summed E-state index contributed by atoms with van der Waals surface area (Å²) >= 11 is 0.107. The van der Waals surface area contributed by atoms with E-state index in [2.05, 4.69) is 86.0 Å². The number of rotatable bonds is 4. The maximum absolute atomic E-state index is 4.03. The zero-order valence-corrected chi connectivity index (χ0v) is 16.9. The minimum absolute atomic E-state index is 0.107. The molecule has 0 spiro atoms. The molecule has 26 heavy (non-hydrogen) atoms. The summed E-state index contributed by atoms with van der Waals surface area (Å²) in [7, 11) is 0. The summed E-state index contributed by atoms with van der Waals surface area (Å²) in [5.41, 5.74) is 6.07. The molecule has 0 saturated carbocycles. The van der Waals surface area contributed by atoms with E-state index in [0.717, 1.165) is 5.70 Å². The molecule has 0 bridgehead atoms. The third-order valence-corrected chi connectivity index (χ3v) is 6.11. The van der Waals surface area contributed by atoms with Gasteiger partial charge in [0.2, 0.25) is 0 Å². The van der Waals surface area contributed by atoms with Crippen molar-refractivity contribution in [2.24, 2.45) is 0 Å². The molecule has 1 aliphatic heterocycles. The first-order valence-electron chi connectivity index (χ1n) is 8.65. The number of nitrogens with zero attached hydrogens (tertiary/aromatic N) is 1. The zero-order chi connectivity index (χ0) is 17.9. The van der Waals surface area contributed by atoms with Gasteiger partial charge >= 0.3 is 0 Å². The summed E-state index contributed by atoms with van der Waals surface area (Å²) in [5.74, 6) is 0. The highest BCUT2D eigenvalue weighted by atomic mass is 127. The van der Waals surface area contributed by atoms with E-state index in [1.807, 2.05) is 19.1 Å². The fourth-order valence-electron chi connectivity index (χ4n) is 3.36. The Morgan fingerprint density at radius 3 is 2.69 bits per heavy atom. The molecule has 2 heteroatoms. The Bertz CT molecular complexity index is 1150. The lowest BCUT2D eigenvalue weighted by Crippen LogP contribution is -1.94. The molecule has 0 saturated heterocycles. The van der Waals surface area contributed by atoms with Crippen LogP contribution in [0.3, 0.4) is 0 Å². The summed E-state index contributed by atoms with van der Waals surface area (Å²) in [4.78, 5) is 0. The molecule has 0 unspecified atom stereocenters. The maximum atomic E-state index is 4.03. The Kier molecular flexibility index (Phi) is 4.85. The average molecular weight is 449 g/mol. The van der Waals surface area contributed by atoms with Gasteiger partial charge in [-0.05, 0) is 68.7 Å². The van der Waals surface area contributed by atoms with Gasteiger partial charge in [0.1, 0.15) is 0 Å². The van der Waals surface area contributed by atoms with Crippen LogP contribution in [-0.4, -0.2) is 8.58 Å². The maximum Gasteiger partial charge on any atom is 0.0541 e. The van der Waals surface area contributed by atoms with Gasteiger partial charge in [-0.15, -0.1) is 0 Å². The topological polar surface area (TPSA) is 4.93 Å². The van der Waals surface area contributed by atoms with Crippen LogP contribution in [0.2, 0.25) is 0 Å². The molecule has 128 valence electrons. The Morgan fingerprint density at radius 1 is 1.08 bits per heavy atom. The van der Waals surface area contributed by atoms with Crippen LogP contribution in [-0.2, 0) is 0 Å². The molecule has 0 radical (unpaired) electrons. The summed E-state index contributed by atoms with van der Waals surface area (Å²) in [6, 6.07) is 15.4. The number of aromatic nitrogens is 1. The molecule has 0 fully saturated rings. The fourth-order valence-corrected chi connectivity index (χ4v) is 4.79. The summed E-state index contributed by atoms with van der Waals surface area (Å²) in [6.07, 6.45) is 12.6. The van der Waals surface area contributed by atoms with E-state index < -0.39 is 0 Å². The number of allylic oxidation sites excluding steroid dienone is 8. The van der Waals surface area contributed by atoms with Crippen LogP contribution < -0.4 is 0 Å². The van der Waals surface area contributed by atoms with Crippen LogP contribution in [0.15, 0.2) is 89.6 Å². The first kappa shape index (κ1) is 17.0. The van der Waals surface area contributed by atoms with Crippen molar-refractivity contribution in [3.05, 3.63) is 95.1 Å². The SMILES string of the molecule is C=C/C(=C\C=C/C)n1c2ccccc2c2cc(C3=CC=IC=C3)ccc21. The number of benzene rings is 2. The molecule has 0 amide bonds. The Balaban J connectivity index is 2.03. The lowest BCUT2D eigenvalue weighted by Gasteiger charge is -2.09. The molecule has 1 aromatic heterocycles. The van der Waals surface area contributed by atoms with Gasteiger partial charge in [0.05, 0.1) is 11.0 Å². The van der Waals surface area contributed by atoms with E-state index in [1.54, 1.807) is 0 Å².